The second kappa shape index (κ2) is 22.4. The average Bonchev–Trinajstić information content (AvgIpc) is 1.63. The lowest BCUT2D eigenvalue weighted by molar-refractivity contribution is 1.18. The predicted octanol–water partition coefficient (Wildman–Crippen LogP) is 24.1. The molecular weight excluding hydrogens is 1150 g/mol. The Labute approximate surface area is 540 Å². The van der Waals surface area contributed by atoms with E-state index >= 15 is 0 Å². The van der Waals surface area contributed by atoms with Gasteiger partial charge >= 0.3 is 0 Å². The van der Waals surface area contributed by atoms with E-state index in [2.05, 4.69) is 318 Å². The summed E-state index contributed by atoms with van der Waals surface area (Å²) >= 11 is 1.87. The largest absolute Gasteiger partial charge is 0.310 e. The number of benzene rings is 14. The maximum absolute atomic E-state index is 5.08. The fourth-order valence-corrected chi connectivity index (χ4v) is 15.8. The summed E-state index contributed by atoms with van der Waals surface area (Å²) in [4.78, 5) is 16.8. The topological polar surface area (TPSA) is 46.8 Å². The van der Waals surface area contributed by atoms with Crippen LogP contribution in [0.1, 0.15) is 0 Å². The molecule has 5 aromatic heterocycles. The number of rotatable bonds is 8. The van der Waals surface area contributed by atoms with Crippen LogP contribution < -0.4 is 4.90 Å². The van der Waals surface area contributed by atoms with Gasteiger partial charge in [0.25, 0.3) is 0 Å². The second-order valence-corrected chi connectivity index (χ2v) is 24.8. The van der Waals surface area contributed by atoms with E-state index in [1.807, 2.05) is 42.2 Å². The van der Waals surface area contributed by atoms with Crippen LogP contribution in [0.4, 0.5) is 17.1 Å². The first-order chi connectivity index (χ1) is 46.2. The van der Waals surface area contributed by atoms with Crippen molar-refractivity contribution in [1.82, 2.24) is 19.5 Å². The van der Waals surface area contributed by atoms with Crippen molar-refractivity contribution in [2.45, 2.75) is 0 Å². The van der Waals surface area contributed by atoms with Crippen LogP contribution in [0.15, 0.2) is 334 Å². The predicted molar refractivity (Wildman–Crippen MR) is 395 cm³/mol. The van der Waals surface area contributed by atoms with Crippen molar-refractivity contribution in [3.8, 4) is 50.2 Å². The molecule has 0 saturated heterocycles. The van der Waals surface area contributed by atoms with Crippen molar-refractivity contribution in [2.75, 3.05) is 4.90 Å². The third kappa shape index (κ3) is 9.02. The zero-order chi connectivity index (χ0) is 61.3. The number of fused-ring (bicyclic) bond motifs is 16. The Hall–Kier alpha value is -12.1. The fourth-order valence-electron chi connectivity index (χ4n) is 14.5. The zero-order valence-corrected chi connectivity index (χ0v) is 51.2. The van der Waals surface area contributed by atoms with Crippen LogP contribution in [-0.4, -0.2) is 19.5 Å². The van der Waals surface area contributed by atoms with Crippen LogP contribution in [0.5, 0.6) is 0 Å². The SMILES string of the molecule is c1ccc(-c2ccnc3c2cc(-c2ccc(N(c4ccccc4)c4cccc5ccccc45)cc2)c2ccc4c5ccccc5sc4c23)cc1.c1ccc(-n2c3ccccc3c3cc(-c4c(-c5ccncc5)c5ncccc5c5c4ccc4ccccc45)ccc32)cc1. The van der Waals surface area contributed by atoms with Crippen LogP contribution in [0.3, 0.4) is 0 Å². The molecule has 0 amide bonds. The molecule has 19 aromatic rings. The summed E-state index contributed by atoms with van der Waals surface area (Å²) in [5.41, 5.74) is 18.4. The molecule has 5 heterocycles. The lowest BCUT2D eigenvalue weighted by Gasteiger charge is -2.27. The number of pyridine rings is 3. The first kappa shape index (κ1) is 53.9. The van der Waals surface area contributed by atoms with Gasteiger partial charge in [0.15, 0.2) is 0 Å². The number of para-hydroxylation sites is 3. The number of nitrogens with zero attached hydrogens (tertiary/aromatic N) is 5. The molecule has 19 rings (SSSR count). The van der Waals surface area contributed by atoms with E-state index in [1.54, 1.807) is 0 Å². The summed E-state index contributed by atoms with van der Waals surface area (Å²) < 4.78 is 4.95. The summed E-state index contributed by atoms with van der Waals surface area (Å²) in [6, 6.07) is 111. The van der Waals surface area contributed by atoms with Gasteiger partial charge in [-0.2, -0.15) is 0 Å². The lowest BCUT2D eigenvalue weighted by Crippen LogP contribution is -2.10. The van der Waals surface area contributed by atoms with Crippen LogP contribution in [0, 0.1) is 0 Å². The normalized spacial score (nSPS) is 11.7. The highest BCUT2D eigenvalue weighted by molar-refractivity contribution is 7.26. The van der Waals surface area contributed by atoms with Gasteiger partial charge in [0.05, 0.1) is 27.8 Å². The highest BCUT2D eigenvalue weighted by Crippen LogP contribution is 2.49. The summed E-state index contributed by atoms with van der Waals surface area (Å²) in [6.45, 7) is 0. The maximum Gasteiger partial charge on any atom is 0.0801 e. The molecule has 0 bridgehead atoms. The third-order valence-electron chi connectivity index (χ3n) is 18.6. The van der Waals surface area contributed by atoms with Gasteiger partial charge in [-0.25, -0.2) is 0 Å². The van der Waals surface area contributed by atoms with E-state index < -0.39 is 0 Å². The van der Waals surface area contributed by atoms with Gasteiger partial charge in [-0.3, -0.25) is 15.0 Å². The van der Waals surface area contributed by atoms with Gasteiger partial charge in [-0.1, -0.05) is 212 Å². The van der Waals surface area contributed by atoms with Crippen molar-refractivity contribution in [3.63, 3.8) is 0 Å². The minimum absolute atomic E-state index is 0.999. The molecule has 0 aliphatic rings. The molecule has 0 saturated carbocycles. The molecule has 93 heavy (non-hydrogen) atoms. The van der Waals surface area contributed by atoms with Crippen LogP contribution in [0.25, 0.3) is 157 Å². The first-order valence-electron chi connectivity index (χ1n) is 31.5. The Bertz CT molecular complexity index is 6100. The summed E-state index contributed by atoms with van der Waals surface area (Å²) in [7, 11) is 0. The van der Waals surface area contributed by atoms with Gasteiger partial charge in [0.2, 0.25) is 0 Å². The smallest absolute Gasteiger partial charge is 0.0801 e. The first-order valence-corrected chi connectivity index (χ1v) is 32.4. The van der Waals surface area contributed by atoms with Gasteiger partial charge in [0, 0.05) is 99.9 Å². The molecule has 14 aromatic carbocycles. The van der Waals surface area contributed by atoms with E-state index in [4.69, 9.17) is 9.97 Å². The van der Waals surface area contributed by atoms with E-state index in [9.17, 15) is 0 Å². The third-order valence-corrected chi connectivity index (χ3v) is 19.8. The van der Waals surface area contributed by atoms with Crippen molar-refractivity contribution in [3.05, 3.63) is 334 Å². The van der Waals surface area contributed by atoms with E-state index in [0.29, 0.717) is 0 Å². The molecule has 0 atom stereocenters. The minimum Gasteiger partial charge on any atom is -0.310 e. The quantitative estimate of drug-likeness (QED) is 0.142. The van der Waals surface area contributed by atoms with Gasteiger partial charge in [0.1, 0.15) is 0 Å². The Morgan fingerprint density at radius 2 is 0.914 bits per heavy atom. The number of aromatic nitrogens is 4. The van der Waals surface area contributed by atoms with Crippen molar-refractivity contribution < 1.29 is 0 Å². The summed E-state index contributed by atoms with van der Waals surface area (Å²) in [5.74, 6) is 0. The molecule has 5 nitrogen and oxygen atoms in total. The van der Waals surface area contributed by atoms with Gasteiger partial charge in [-0.15, -0.1) is 11.3 Å². The molecule has 0 aliphatic heterocycles. The van der Waals surface area contributed by atoms with E-state index in [1.165, 1.54) is 118 Å². The molecule has 434 valence electrons. The van der Waals surface area contributed by atoms with E-state index in [-0.39, 0.29) is 0 Å². The Kier molecular flexibility index (Phi) is 13.0. The van der Waals surface area contributed by atoms with Crippen molar-refractivity contribution in [1.29, 1.82) is 0 Å². The highest BCUT2D eigenvalue weighted by atomic mass is 32.1. The zero-order valence-electron chi connectivity index (χ0n) is 50.4. The monoisotopic (exact) mass is 1200 g/mol. The van der Waals surface area contributed by atoms with Crippen LogP contribution in [-0.2, 0) is 0 Å². The van der Waals surface area contributed by atoms with E-state index in [0.717, 1.165) is 55.7 Å². The Morgan fingerprint density at radius 1 is 0.301 bits per heavy atom. The number of thiophene rings is 1. The number of hydrogen-bond acceptors (Lipinski definition) is 5. The van der Waals surface area contributed by atoms with Crippen LogP contribution in [0.2, 0.25) is 0 Å². The molecule has 0 spiro atoms. The van der Waals surface area contributed by atoms with Gasteiger partial charge in [-0.05, 0) is 168 Å². The lowest BCUT2D eigenvalue weighted by atomic mass is 9.85. The fraction of sp³-hybridized carbons (Fsp3) is 0. The van der Waals surface area contributed by atoms with Crippen LogP contribution >= 0.6 is 11.3 Å². The highest BCUT2D eigenvalue weighted by Gasteiger charge is 2.24. The molecule has 0 unspecified atom stereocenters. The standard InChI is InChI=1S/C47H30N2S.C40H25N3/c1-3-12-31(13-4-1)36-28-29-48-46-42(36)30-41(39-26-27-40-38-19-9-10-21-44(38)50-47(40)45(39)46)33-22-24-35(25-23-33)49(34-16-5-2-6-17-34)43-20-11-15-32-14-7-8-18-37(32)43;1-2-10-29(11-3-1)43-35-15-7-6-13-31(35)34-25-28(17-19-36(34)43)37-32-18-16-26-9-4-5-12-30(26)39(32)33-14-8-22-42-40(33)38(37)27-20-23-41-24-21-27/h1-30H;1-25H. The van der Waals surface area contributed by atoms with Crippen molar-refractivity contribution in [2.24, 2.45) is 0 Å². The minimum atomic E-state index is 0.999. The Morgan fingerprint density at radius 3 is 1.73 bits per heavy atom. The summed E-state index contributed by atoms with van der Waals surface area (Å²) in [6.07, 6.45) is 7.62. The molecule has 0 N–H and O–H groups in total. The summed E-state index contributed by atoms with van der Waals surface area (Å²) in [5, 5.41) is 17.2. The van der Waals surface area contributed by atoms with Crippen molar-refractivity contribution >= 4 is 135 Å². The number of hydrogen-bond donors (Lipinski definition) is 0. The Balaban J connectivity index is 0.000000138. The average molecular weight is 1200 g/mol. The molecule has 0 radical (unpaired) electrons. The molecule has 0 aliphatic carbocycles. The molecule has 6 heteroatoms. The maximum atomic E-state index is 5.08. The second-order valence-electron chi connectivity index (χ2n) is 23.7. The molecule has 0 fully saturated rings. The van der Waals surface area contributed by atoms with Gasteiger partial charge < -0.3 is 9.47 Å². The number of anilines is 3. The molecular formula is C87H55N5S.